The van der Waals surface area contributed by atoms with Gasteiger partial charge in [-0.2, -0.15) is 8.78 Å². The van der Waals surface area contributed by atoms with Crippen molar-refractivity contribution >= 4 is 0 Å². The van der Waals surface area contributed by atoms with Crippen LogP contribution in [0.4, 0.5) is 8.78 Å². The molecule has 170 valence electrons. The molecule has 0 atom stereocenters. The van der Waals surface area contributed by atoms with Crippen LogP contribution in [-0.2, 0) is 0 Å². The van der Waals surface area contributed by atoms with Gasteiger partial charge in [0, 0.05) is 2.85 Å². The fourth-order valence-corrected chi connectivity index (χ4v) is 5.03. The highest BCUT2D eigenvalue weighted by molar-refractivity contribution is 5.35. The Hall–Kier alpha value is -1.84. The minimum Gasteiger partial charge on any atom is -0.490 e. The second kappa shape index (κ2) is 11.5. The molecule has 2 aliphatic rings. The fraction of sp³-hybridized carbons (Fsp3) is 0.615. The normalized spacial score (nSPS) is 26.7. The molecule has 0 heterocycles. The van der Waals surface area contributed by atoms with Crippen LogP contribution in [0.5, 0.6) is 11.5 Å². The van der Waals surface area contributed by atoms with Crippen molar-refractivity contribution in [3.8, 4) is 11.5 Å². The summed E-state index contributed by atoms with van der Waals surface area (Å²) in [6, 6.07) is 2.93. The molecule has 1 aromatic carbocycles. The van der Waals surface area contributed by atoms with Gasteiger partial charge in [-0.25, -0.2) is 0 Å². The van der Waals surface area contributed by atoms with E-state index in [1.807, 2.05) is 0 Å². The van der Waals surface area contributed by atoms with E-state index in [1.165, 1.54) is 50.7 Å². The summed E-state index contributed by atoms with van der Waals surface area (Å²) in [7, 11) is 0. The molecule has 1 aromatic rings. The second-order valence-electron chi connectivity index (χ2n) is 8.97. The van der Waals surface area contributed by atoms with Gasteiger partial charge in [-0.05, 0) is 100 Å². The summed E-state index contributed by atoms with van der Waals surface area (Å²) in [6.07, 6.45) is 15.3. The number of halogens is 2. The maximum absolute atomic E-state index is 14.4. The Morgan fingerprint density at radius 1 is 0.867 bits per heavy atom. The highest BCUT2D eigenvalue weighted by Gasteiger charge is 2.30. The van der Waals surface area contributed by atoms with Gasteiger partial charge in [-0.15, -0.1) is 13.2 Å². The van der Waals surface area contributed by atoms with Crippen LogP contribution in [0, 0.1) is 35.3 Å². The highest BCUT2D eigenvalue weighted by Crippen LogP contribution is 2.41. The zero-order valence-electron chi connectivity index (χ0n) is 18.1. The Balaban J connectivity index is 0.00000256. The summed E-state index contributed by atoms with van der Waals surface area (Å²) in [4.78, 5) is 0. The third kappa shape index (κ3) is 6.09. The van der Waals surface area contributed by atoms with E-state index in [2.05, 4.69) is 19.2 Å². The van der Waals surface area contributed by atoms with E-state index in [9.17, 15) is 8.78 Å². The molecule has 0 saturated heterocycles. The highest BCUT2D eigenvalue weighted by atomic mass is 19.2. The van der Waals surface area contributed by atoms with Gasteiger partial charge in [0.25, 0.3) is 0 Å². The van der Waals surface area contributed by atoms with Crippen molar-refractivity contribution < 1.29 is 21.1 Å². The first-order valence-corrected chi connectivity index (χ1v) is 11.6. The second-order valence-corrected chi connectivity index (χ2v) is 8.97. The molecular weight excluding hydrogens is 382 g/mol. The van der Waals surface area contributed by atoms with Gasteiger partial charge in [0.1, 0.15) is 0 Å². The van der Waals surface area contributed by atoms with Crippen molar-refractivity contribution in [1.82, 2.24) is 0 Å². The lowest BCUT2D eigenvalue weighted by Gasteiger charge is -2.37. The van der Waals surface area contributed by atoms with Crippen LogP contribution >= 0.6 is 0 Å². The predicted octanol–water partition coefficient (Wildman–Crippen LogP) is 7.98. The summed E-state index contributed by atoms with van der Waals surface area (Å²) in [5, 5.41) is 0. The molecule has 2 saturated carbocycles. The van der Waals surface area contributed by atoms with E-state index in [0.717, 1.165) is 37.5 Å². The monoisotopic (exact) mass is 422 g/mol. The number of unbranched alkanes of at least 4 members (excludes halogenated alkanes) is 1. The summed E-state index contributed by atoms with van der Waals surface area (Å²) >= 11 is 0. The van der Waals surface area contributed by atoms with Crippen molar-refractivity contribution in [2.75, 3.05) is 13.2 Å². The van der Waals surface area contributed by atoms with Gasteiger partial charge >= 0.3 is 0 Å². The summed E-state index contributed by atoms with van der Waals surface area (Å²) in [5.74, 6) is 0.806. The molecule has 0 aromatic heterocycles. The molecule has 0 radical (unpaired) electrons. The van der Waals surface area contributed by atoms with E-state index in [4.69, 9.17) is 9.47 Å². The van der Waals surface area contributed by atoms with E-state index < -0.39 is 11.6 Å². The Kier molecular flexibility index (Phi) is 8.77. The molecule has 4 heteroatoms. The molecule has 0 bridgehead atoms. The van der Waals surface area contributed by atoms with Crippen molar-refractivity contribution in [1.29, 1.82) is 0 Å². The van der Waals surface area contributed by atoms with Gasteiger partial charge in [-0.1, -0.05) is 12.2 Å². The lowest BCUT2D eigenvalue weighted by molar-refractivity contribution is 0.127. The number of benzene rings is 1. The quantitative estimate of drug-likeness (QED) is 0.281. The topological polar surface area (TPSA) is 18.5 Å². The molecule has 2 aliphatic carbocycles. The summed E-state index contributed by atoms with van der Waals surface area (Å²) in [6.45, 7) is 8.36. The van der Waals surface area contributed by atoms with Crippen molar-refractivity contribution in [3.05, 3.63) is 49.1 Å². The minimum atomic E-state index is -0.968. The number of allylic oxidation sites excluding steroid dienone is 2. The largest absolute Gasteiger partial charge is 0.490 e. The molecule has 0 amide bonds. The molecule has 0 N–H and O–H groups in total. The van der Waals surface area contributed by atoms with E-state index in [1.54, 1.807) is 6.08 Å². The predicted molar refractivity (Wildman–Crippen MR) is 122 cm³/mol. The van der Waals surface area contributed by atoms with Crippen LogP contribution in [0.2, 0.25) is 0 Å². The fourth-order valence-electron chi connectivity index (χ4n) is 5.03. The molecule has 0 aliphatic heterocycles. The zero-order valence-corrected chi connectivity index (χ0v) is 18.1. The first kappa shape index (κ1) is 22.8. The molecule has 0 unspecified atom stereocenters. The van der Waals surface area contributed by atoms with Gasteiger partial charge in [0.2, 0.25) is 11.6 Å². The van der Waals surface area contributed by atoms with Gasteiger partial charge < -0.3 is 9.47 Å². The first-order valence-electron chi connectivity index (χ1n) is 11.6. The maximum atomic E-state index is 14.4. The number of ether oxygens (including phenoxy) is 2. The Labute approximate surface area is 183 Å². The van der Waals surface area contributed by atoms with Crippen LogP contribution in [0.15, 0.2) is 37.4 Å². The third-order valence-electron chi connectivity index (χ3n) is 7.00. The van der Waals surface area contributed by atoms with Crippen LogP contribution in [0.25, 0.3) is 0 Å². The first-order chi connectivity index (χ1) is 14.6. The van der Waals surface area contributed by atoms with Crippen LogP contribution in [0.1, 0.15) is 67.1 Å². The van der Waals surface area contributed by atoms with E-state index in [0.29, 0.717) is 25.0 Å². The third-order valence-corrected chi connectivity index (χ3v) is 7.00. The van der Waals surface area contributed by atoms with Gasteiger partial charge in [0.05, 0.1) is 13.2 Å². The van der Waals surface area contributed by atoms with Crippen LogP contribution < -0.4 is 9.47 Å². The summed E-state index contributed by atoms with van der Waals surface area (Å²) in [5.41, 5.74) is 0. The number of rotatable bonds is 10. The van der Waals surface area contributed by atoms with Crippen molar-refractivity contribution in [2.45, 2.75) is 64.2 Å². The van der Waals surface area contributed by atoms with E-state index >= 15 is 0 Å². The van der Waals surface area contributed by atoms with Crippen LogP contribution in [0.3, 0.4) is 0 Å². The van der Waals surface area contributed by atoms with Gasteiger partial charge in [-0.3, -0.25) is 0 Å². The van der Waals surface area contributed by atoms with Crippen molar-refractivity contribution in [2.24, 2.45) is 23.7 Å². The Morgan fingerprint density at radius 2 is 1.43 bits per heavy atom. The Bertz CT molecular complexity index is 697. The SMILES string of the molecule is C=CCCCOc1ccc(OCC2CCC(C3CCC(C=C)CC3)CC2)c(F)c1F.[HH].[HH]. The molecule has 30 heavy (non-hydrogen) atoms. The lowest BCUT2D eigenvalue weighted by atomic mass is 9.69. The Morgan fingerprint density at radius 3 is 2.00 bits per heavy atom. The average molecular weight is 423 g/mol. The molecular formula is C26H40F2O2. The molecule has 2 nitrogen and oxygen atoms in total. The summed E-state index contributed by atoms with van der Waals surface area (Å²) < 4.78 is 39.6. The molecule has 3 rings (SSSR count). The smallest absolute Gasteiger partial charge is 0.204 e. The minimum absolute atomic E-state index is 0. The zero-order chi connectivity index (χ0) is 21.3. The molecule has 0 spiro atoms. The standard InChI is InChI=1S/C26H36F2O2.2H2/c1-3-5-6-17-29-23-15-16-24(26(28)25(23)27)30-18-20-9-13-22(14-10-20)21-11-7-19(4-2)8-12-21;;/h3-4,15-16,19-22H,1-2,5-14,17-18H2;2*1H. The lowest BCUT2D eigenvalue weighted by Crippen LogP contribution is -2.27. The van der Waals surface area contributed by atoms with Crippen LogP contribution in [-0.4, -0.2) is 13.2 Å². The number of hydrogen-bond acceptors (Lipinski definition) is 2. The average Bonchev–Trinajstić information content (AvgIpc) is 2.79. The maximum Gasteiger partial charge on any atom is 0.204 e. The van der Waals surface area contributed by atoms with Gasteiger partial charge in [0.15, 0.2) is 11.5 Å². The van der Waals surface area contributed by atoms with Crippen molar-refractivity contribution in [3.63, 3.8) is 0 Å². The number of hydrogen-bond donors (Lipinski definition) is 0. The van der Waals surface area contributed by atoms with E-state index in [-0.39, 0.29) is 14.4 Å². The molecule has 2 fully saturated rings.